The lowest BCUT2D eigenvalue weighted by Gasteiger charge is -2.13. The summed E-state index contributed by atoms with van der Waals surface area (Å²) >= 11 is 1.67. The minimum Gasteiger partial charge on any atom is -0.497 e. The Labute approximate surface area is 197 Å². The van der Waals surface area contributed by atoms with Crippen molar-refractivity contribution in [3.63, 3.8) is 0 Å². The molecule has 1 unspecified atom stereocenters. The van der Waals surface area contributed by atoms with Crippen LogP contribution in [-0.2, 0) is 23.8 Å². The van der Waals surface area contributed by atoms with E-state index in [0.717, 1.165) is 40.0 Å². The number of thioether (sulfide) groups is 1. The third kappa shape index (κ3) is 9.17. The first-order valence-corrected chi connectivity index (χ1v) is 11.7. The van der Waals surface area contributed by atoms with Crippen molar-refractivity contribution in [2.45, 2.75) is 38.9 Å². The van der Waals surface area contributed by atoms with Gasteiger partial charge in [0, 0.05) is 6.92 Å². The number of carbonyl (C=O) groups excluding carboxylic acids is 2. The monoisotopic (exact) mass is 479 g/mol. The molecule has 0 aliphatic carbocycles. The third-order valence-electron chi connectivity index (χ3n) is 4.71. The molecule has 180 valence electrons. The highest BCUT2D eigenvalue weighted by Crippen LogP contribution is 2.25. The Kier molecular flexibility index (Phi) is 11.3. The Bertz CT molecular complexity index is 922. The molecular weight excluding hydrogens is 450 g/mol. The highest BCUT2D eigenvalue weighted by molar-refractivity contribution is 7.99. The topological polar surface area (TPSA) is 110 Å². The number of methoxy groups -OCH3 is 1. The highest BCUT2D eigenvalue weighted by atomic mass is 32.2. The van der Waals surface area contributed by atoms with E-state index in [-0.39, 0.29) is 18.5 Å². The van der Waals surface area contributed by atoms with Gasteiger partial charge in [-0.25, -0.2) is 4.79 Å². The molecule has 0 spiro atoms. The second-order valence-electron chi connectivity index (χ2n) is 7.15. The summed E-state index contributed by atoms with van der Waals surface area (Å²) in [4.78, 5) is 37.7. The summed E-state index contributed by atoms with van der Waals surface area (Å²) in [5.74, 6) is 1.80. The number of rotatable bonds is 14. The molecule has 0 aliphatic heterocycles. The van der Waals surface area contributed by atoms with Crippen LogP contribution in [0.4, 0.5) is 4.79 Å². The second-order valence-corrected chi connectivity index (χ2v) is 8.37. The summed E-state index contributed by atoms with van der Waals surface area (Å²) in [6.07, 6.45) is -0.619. The number of esters is 1. The average molecular weight is 480 g/mol. The van der Waals surface area contributed by atoms with E-state index in [4.69, 9.17) is 14.2 Å². The Hall–Kier alpha value is -3.01. The molecule has 0 radical (unpaired) electrons. The van der Waals surface area contributed by atoms with Crippen LogP contribution in [0.5, 0.6) is 5.75 Å². The molecule has 10 heteroatoms. The molecule has 0 saturated carbocycles. The summed E-state index contributed by atoms with van der Waals surface area (Å²) in [7, 11) is 1.63. The molecule has 0 aliphatic rings. The average Bonchev–Trinajstić information content (AvgIpc) is 2.81. The molecule has 2 aromatic carbocycles. The van der Waals surface area contributed by atoms with Crippen molar-refractivity contribution >= 4 is 34.7 Å². The lowest BCUT2D eigenvalue weighted by atomic mass is 9.98. The van der Waals surface area contributed by atoms with E-state index < -0.39 is 12.4 Å². The highest BCUT2D eigenvalue weighted by Gasteiger charge is 2.17. The van der Waals surface area contributed by atoms with E-state index in [2.05, 4.69) is 14.9 Å². The number of hydrogen-bond donors (Lipinski definition) is 0. The standard InChI is InChI=1S/C23H29NO8S/c1-16(18-6-7-20-15-21(28-3)9-8-19(20)14-18)22(25)29-10-4-12-33-13-5-11-30-23(26)31-17(2)32-24-27/h6-9,14-17H,4-5,10-13H2,1-3H3/t16-,17?/m0/s1. The largest absolute Gasteiger partial charge is 0.511 e. The van der Waals surface area contributed by atoms with Gasteiger partial charge in [-0.3, -0.25) is 4.79 Å². The Balaban J connectivity index is 1.58. The number of hydrogen-bond acceptors (Lipinski definition) is 10. The molecule has 0 heterocycles. The van der Waals surface area contributed by atoms with E-state index >= 15 is 0 Å². The number of nitrogens with zero attached hydrogens (tertiary/aromatic N) is 1. The van der Waals surface area contributed by atoms with Gasteiger partial charge in [0.25, 0.3) is 6.29 Å². The molecule has 33 heavy (non-hydrogen) atoms. The van der Waals surface area contributed by atoms with E-state index in [0.29, 0.717) is 13.0 Å². The minimum absolute atomic E-state index is 0.193. The molecule has 0 fully saturated rings. The zero-order chi connectivity index (χ0) is 24.1. The fourth-order valence-electron chi connectivity index (χ4n) is 2.90. The van der Waals surface area contributed by atoms with Crippen LogP contribution in [0.15, 0.2) is 41.7 Å². The molecule has 0 amide bonds. The van der Waals surface area contributed by atoms with Crippen molar-refractivity contribution in [3.05, 3.63) is 46.9 Å². The van der Waals surface area contributed by atoms with Crippen LogP contribution in [0.3, 0.4) is 0 Å². The lowest BCUT2D eigenvalue weighted by molar-refractivity contribution is -0.145. The van der Waals surface area contributed by atoms with Crippen LogP contribution in [0, 0.1) is 4.91 Å². The van der Waals surface area contributed by atoms with Gasteiger partial charge in [0.2, 0.25) is 0 Å². The summed E-state index contributed by atoms with van der Waals surface area (Å²) in [5.41, 5.74) is 0.911. The van der Waals surface area contributed by atoms with Gasteiger partial charge in [0.05, 0.1) is 26.2 Å². The van der Waals surface area contributed by atoms with Crippen LogP contribution in [0.25, 0.3) is 10.8 Å². The van der Waals surface area contributed by atoms with Crippen molar-refractivity contribution in [1.82, 2.24) is 0 Å². The van der Waals surface area contributed by atoms with Crippen LogP contribution in [0.1, 0.15) is 38.2 Å². The number of carbonyl (C=O) groups is 2. The van der Waals surface area contributed by atoms with Crippen molar-refractivity contribution in [1.29, 1.82) is 0 Å². The summed E-state index contributed by atoms with van der Waals surface area (Å²) in [6, 6.07) is 11.7. The van der Waals surface area contributed by atoms with Gasteiger partial charge in [-0.15, -0.1) is 4.91 Å². The molecule has 0 bridgehead atoms. The maximum absolute atomic E-state index is 12.4. The Morgan fingerprint density at radius 3 is 2.33 bits per heavy atom. The molecular formula is C23H29NO8S. The zero-order valence-electron chi connectivity index (χ0n) is 19.0. The minimum atomic E-state index is -1.08. The molecule has 2 rings (SSSR count). The Morgan fingerprint density at radius 2 is 1.64 bits per heavy atom. The summed E-state index contributed by atoms with van der Waals surface area (Å²) < 4.78 is 20.1. The van der Waals surface area contributed by atoms with Crippen LogP contribution in [-0.4, -0.2) is 50.2 Å². The van der Waals surface area contributed by atoms with Crippen LogP contribution in [0.2, 0.25) is 0 Å². The first-order chi connectivity index (χ1) is 15.9. The Morgan fingerprint density at radius 1 is 0.970 bits per heavy atom. The van der Waals surface area contributed by atoms with Crippen molar-refractivity contribution < 1.29 is 33.4 Å². The molecule has 0 aromatic heterocycles. The molecule has 0 saturated heterocycles. The van der Waals surface area contributed by atoms with E-state index in [9.17, 15) is 14.5 Å². The van der Waals surface area contributed by atoms with Gasteiger partial charge in [-0.2, -0.15) is 11.8 Å². The SMILES string of the molecule is COc1ccc2cc([C@H](C)C(=O)OCCCSCCCOC(=O)OC(C)ON=O)ccc2c1. The van der Waals surface area contributed by atoms with Gasteiger partial charge in [0.15, 0.2) is 5.34 Å². The summed E-state index contributed by atoms with van der Waals surface area (Å²) in [6.45, 7) is 3.74. The smallest absolute Gasteiger partial charge is 0.497 e. The zero-order valence-corrected chi connectivity index (χ0v) is 19.8. The lowest BCUT2D eigenvalue weighted by Crippen LogP contribution is -2.17. The van der Waals surface area contributed by atoms with Gasteiger partial charge >= 0.3 is 12.1 Å². The number of benzene rings is 2. The van der Waals surface area contributed by atoms with Crippen molar-refractivity contribution in [2.24, 2.45) is 5.34 Å². The van der Waals surface area contributed by atoms with E-state index in [1.165, 1.54) is 6.92 Å². The first kappa shape index (κ1) is 26.2. The first-order valence-electron chi connectivity index (χ1n) is 10.6. The quantitative estimate of drug-likeness (QED) is 0.119. The predicted octanol–water partition coefficient (Wildman–Crippen LogP) is 5.21. The fraction of sp³-hybridized carbons (Fsp3) is 0.478. The third-order valence-corrected chi connectivity index (χ3v) is 5.86. The van der Waals surface area contributed by atoms with Gasteiger partial charge in [0.1, 0.15) is 5.75 Å². The molecule has 0 N–H and O–H groups in total. The maximum Gasteiger partial charge on any atom is 0.511 e. The number of ether oxygens (including phenoxy) is 4. The van der Waals surface area contributed by atoms with Gasteiger partial charge < -0.3 is 23.8 Å². The van der Waals surface area contributed by atoms with Crippen molar-refractivity contribution in [2.75, 3.05) is 31.8 Å². The fourth-order valence-corrected chi connectivity index (χ4v) is 3.75. The summed E-state index contributed by atoms with van der Waals surface area (Å²) in [5, 5.41) is 4.26. The normalized spacial score (nSPS) is 12.5. The maximum atomic E-state index is 12.4. The van der Waals surface area contributed by atoms with Crippen molar-refractivity contribution in [3.8, 4) is 5.75 Å². The number of fused-ring (bicyclic) bond motifs is 1. The van der Waals surface area contributed by atoms with E-state index in [1.54, 1.807) is 18.9 Å². The molecule has 9 nitrogen and oxygen atoms in total. The van der Waals surface area contributed by atoms with Crippen LogP contribution >= 0.6 is 11.8 Å². The van der Waals surface area contributed by atoms with Gasteiger partial charge in [-0.1, -0.05) is 24.3 Å². The second kappa shape index (κ2) is 14.2. The molecule has 2 atom stereocenters. The van der Waals surface area contributed by atoms with Crippen LogP contribution < -0.4 is 4.74 Å². The predicted molar refractivity (Wildman–Crippen MR) is 125 cm³/mol. The van der Waals surface area contributed by atoms with E-state index in [1.807, 2.05) is 43.3 Å². The molecule has 2 aromatic rings. The van der Waals surface area contributed by atoms with Gasteiger partial charge in [-0.05, 0) is 59.7 Å².